The highest BCUT2D eigenvalue weighted by Crippen LogP contribution is 2.46. The van der Waals surface area contributed by atoms with Gasteiger partial charge in [-0.3, -0.25) is 0 Å². The Morgan fingerprint density at radius 2 is 2.33 bits per heavy atom. The van der Waals surface area contributed by atoms with E-state index in [1.165, 1.54) is 5.56 Å². The van der Waals surface area contributed by atoms with Gasteiger partial charge in [-0.1, -0.05) is 11.6 Å². The van der Waals surface area contributed by atoms with E-state index in [0.29, 0.717) is 12.0 Å². The van der Waals surface area contributed by atoms with E-state index in [0.717, 1.165) is 36.6 Å². The largest absolute Gasteiger partial charge is 0.396 e. The molecular formula is C14H18ClNO2. The van der Waals surface area contributed by atoms with E-state index in [4.69, 9.17) is 21.4 Å². The van der Waals surface area contributed by atoms with Gasteiger partial charge in [0.1, 0.15) is 0 Å². The molecule has 3 rings (SSSR count). The first kappa shape index (κ1) is 12.3. The lowest BCUT2D eigenvalue weighted by Gasteiger charge is -2.36. The van der Waals surface area contributed by atoms with Crippen LogP contribution in [0.3, 0.4) is 0 Å². The number of aliphatic hydroxyl groups is 1. The predicted molar refractivity (Wildman–Crippen MR) is 72.0 cm³/mol. The quantitative estimate of drug-likeness (QED) is 0.885. The predicted octanol–water partition coefficient (Wildman–Crippen LogP) is 2.98. The van der Waals surface area contributed by atoms with Crippen molar-refractivity contribution in [1.29, 1.82) is 0 Å². The number of rotatable bonds is 3. The van der Waals surface area contributed by atoms with E-state index in [9.17, 15) is 0 Å². The molecule has 1 saturated heterocycles. The highest BCUT2D eigenvalue weighted by Gasteiger charge is 2.40. The van der Waals surface area contributed by atoms with Gasteiger partial charge in [-0.25, -0.2) is 0 Å². The molecule has 98 valence electrons. The summed E-state index contributed by atoms with van der Waals surface area (Å²) in [5, 5.41) is 13.3. The molecule has 0 spiro atoms. The van der Waals surface area contributed by atoms with Crippen molar-refractivity contribution >= 4 is 17.3 Å². The van der Waals surface area contributed by atoms with Crippen LogP contribution in [0, 0.1) is 5.92 Å². The average molecular weight is 268 g/mol. The van der Waals surface area contributed by atoms with Crippen molar-refractivity contribution in [1.82, 2.24) is 0 Å². The zero-order chi connectivity index (χ0) is 12.5. The molecule has 0 saturated carbocycles. The Morgan fingerprint density at radius 1 is 1.44 bits per heavy atom. The fourth-order valence-electron chi connectivity index (χ4n) is 3.14. The van der Waals surface area contributed by atoms with Gasteiger partial charge >= 0.3 is 0 Å². The molecule has 0 aliphatic carbocycles. The average Bonchev–Trinajstić information content (AvgIpc) is 2.86. The highest BCUT2D eigenvalue weighted by molar-refractivity contribution is 6.30. The van der Waals surface area contributed by atoms with Crippen LogP contribution in [0.4, 0.5) is 5.69 Å². The first-order valence-corrected chi connectivity index (χ1v) is 6.96. The number of aliphatic hydroxyl groups excluding tert-OH is 1. The van der Waals surface area contributed by atoms with E-state index in [2.05, 4.69) is 5.32 Å². The Bertz CT molecular complexity index is 438. The maximum absolute atomic E-state index is 8.99. The maximum Gasteiger partial charge on any atom is 0.0893 e. The molecule has 0 bridgehead atoms. The van der Waals surface area contributed by atoms with Crippen LogP contribution in [0.15, 0.2) is 18.2 Å². The molecule has 0 radical (unpaired) electrons. The molecule has 2 N–H and O–H groups in total. The van der Waals surface area contributed by atoms with Crippen LogP contribution >= 0.6 is 11.6 Å². The summed E-state index contributed by atoms with van der Waals surface area (Å²) in [5.74, 6) is 0.502. The van der Waals surface area contributed by atoms with Crippen LogP contribution in [0.2, 0.25) is 5.02 Å². The van der Waals surface area contributed by atoms with Crippen molar-refractivity contribution in [2.75, 3.05) is 18.5 Å². The fraction of sp³-hybridized carbons (Fsp3) is 0.571. The molecular weight excluding hydrogens is 250 g/mol. The van der Waals surface area contributed by atoms with Crippen molar-refractivity contribution < 1.29 is 9.84 Å². The number of anilines is 1. The van der Waals surface area contributed by atoms with Gasteiger partial charge in [-0.2, -0.15) is 0 Å². The number of benzene rings is 1. The molecule has 0 amide bonds. The van der Waals surface area contributed by atoms with Crippen molar-refractivity contribution in [2.45, 2.75) is 31.4 Å². The minimum absolute atomic E-state index is 0.170. The van der Waals surface area contributed by atoms with Gasteiger partial charge in [0.25, 0.3) is 0 Å². The lowest BCUT2D eigenvalue weighted by atomic mass is 9.82. The molecule has 18 heavy (non-hydrogen) atoms. The lowest BCUT2D eigenvalue weighted by Crippen LogP contribution is -2.36. The second-order valence-corrected chi connectivity index (χ2v) is 5.53. The van der Waals surface area contributed by atoms with Crippen LogP contribution in [-0.4, -0.2) is 24.4 Å². The Labute approximate surface area is 112 Å². The lowest BCUT2D eigenvalue weighted by molar-refractivity contribution is 0.0813. The molecule has 0 aromatic heterocycles. The van der Waals surface area contributed by atoms with Crippen molar-refractivity contribution in [3.8, 4) is 0 Å². The number of hydrogen-bond donors (Lipinski definition) is 2. The molecule has 1 aromatic rings. The second-order valence-electron chi connectivity index (χ2n) is 5.09. The van der Waals surface area contributed by atoms with Gasteiger partial charge in [0.05, 0.1) is 6.10 Å². The molecule has 3 nitrogen and oxygen atoms in total. The summed E-state index contributed by atoms with van der Waals surface area (Å²) < 4.78 is 5.89. The fourth-order valence-corrected chi connectivity index (χ4v) is 3.32. The van der Waals surface area contributed by atoms with Crippen LogP contribution < -0.4 is 5.32 Å². The van der Waals surface area contributed by atoms with E-state index >= 15 is 0 Å². The number of halogens is 1. The molecule has 3 atom stereocenters. The van der Waals surface area contributed by atoms with Gasteiger partial charge in [0.2, 0.25) is 0 Å². The summed E-state index contributed by atoms with van der Waals surface area (Å²) >= 11 is 6.07. The van der Waals surface area contributed by atoms with Crippen molar-refractivity contribution in [3.63, 3.8) is 0 Å². The molecule has 1 aromatic carbocycles. The molecule has 4 heteroatoms. The van der Waals surface area contributed by atoms with E-state index in [1.54, 1.807) is 0 Å². The zero-order valence-electron chi connectivity index (χ0n) is 10.2. The Morgan fingerprint density at radius 3 is 3.17 bits per heavy atom. The molecule has 2 aliphatic rings. The van der Waals surface area contributed by atoms with Crippen LogP contribution in [0.5, 0.6) is 0 Å². The number of ether oxygens (including phenoxy) is 1. The maximum atomic E-state index is 8.99. The second kappa shape index (κ2) is 5.08. The summed E-state index contributed by atoms with van der Waals surface area (Å²) in [4.78, 5) is 0. The SMILES string of the molecule is OCCCC1Nc2ccc(Cl)cc2[C@H]2OCC[C@@H]12. The monoisotopic (exact) mass is 267 g/mol. The summed E-state index contributed by atoms with van der Waals surface area (Å²) in [5.41, 5.74) is 2.32. The van der Waals surface area contributed by atoms with Crippen molar-refractivity contribution in [3.05, 3.63) is 28.8 Å². The van der Waals surface area contributed by atoms with Crippen LogP contribution in [-0.2, 0) is 4.74 Å². The highest BCUT2D eigenvalue weighted by atomic mass is 35.5. The standard InChI is InChI=1S/C14H18ClNO2/c15-9-3-4-13-11(8-9)14-10(5-7-18-14)12(16-13)2-1-6-17/h3-4,8,10,12,14,16-17H,1-2,5-7H2/t10-,12?,14-/m0/s1. The minimum Gasteiger partial charge on any atom is -0.396 e. The number of hydrogen-bond acceptors (Lipinski definition) is 3. The van der Waals surface area contributed by atoms with Crippen LogP contribution in [0.25, 0.3) is 0 Å². The topological polar surface area (TPSA) is 41.5 Å². The van der Waals surface area contributed by atoms with Gasteiger partial charge < -0.3 is 15.2 Å². The van der Waals surface area contributed by atoms with Gasteiger partial charge in [0.15, 0.2) is 0 Å². The Hall–Kier alpha value is -0.770. The molecule has 2 aliphatic heterocycles. The zero-order valence-corrected chi connectivity index (χ0v) is 11.0. The number of fused-ring (bicyclic) bond motifs is 3. The van der Waals surface area contributed by atoms with Gasteiger partial charge in [-0.15, -0.1) is 0 Å². The van der Waals surface area contributed by atoms with Gasteiger partial charge in [-0.05, 0) is 37.5 Å². The number of nitrogens with one attached hydrogen (secondary N) is 1. The molecule has 1 fully saturated rings. The Kier molecular flexibility index (Phi) is 3.46. The summed E-state index contributed by atoms with van der Waals surface area (Å²) in [6.45, 7) is 1.07. The normalized spacial score (nSPS) is 29.6. The van der Waals surface area contributed by atoms with Crippen molar-refractivity contribution in [2.24, 2.45) is 5.92 Å². The third kappa shape index (κ3) is 2.11. The first-order valence-electron chi connectivity index (χ1n) is 6.58. The van der Waals surface area contributed by atoms with E-state index in [-0.39, 0.29) is 12.7 Å². The smallest absolute Gasteiger partial charge is 0.0893 e. The summed E-state index contributed by atoms with van der Waals surface area (Å²) in [6.07, 6.45) is 3.08. The Balaban J connectivity index is 1.89. The van der Waals surface area contributed by atoms with E-state index in [1.807, 2.05) is 18.2 Å². The van der Waals surface area contributed by atoms with E-state index < -0.39 is 0 Å². The third-order valence-electron chi connectivity index (χ3n) is 3.99. The third-order valence-corrected chi connectivity index (χ3v) is 4.22. The molecule has 1 unspecified atom stereocenters. The first-order chi connectivity index (χ1) is 8.79. The summed E-state index contributed by atoms with van der Waals surface area (Å²) in [6, 6.07) is 6.35. The minimum atomic E-state index is 0.170. The van der Waals surface area contributed by atoms with Gasteiger partial charge in [0, 0.05) is 41.4 Å². The molecule has 2 heterocycles. The van der Waals surface area contributed by atoms with Crippen LogP contribution in [0.1, 0.15) is 30.9 Å². The summed E-state index contributed by atoms with van der Waals surface area (Å²) in [7, 11) is 0.